The van der Waals surface area contributed by atoms with Crippen molar-refractivity contribution in [3.8, 4) is 0 Å². The lowest BCUT2D eigenvalue weighted by molar-refractivity contribution is 0.0660. The third-order valence-electron chi connectivity index (χ3n) is 2.84. The second kappa shape index (κ2) is 6.33. The Morgan fingerprint density at radius 3 is 2.75 bits per heavy atom. The zero-order valence-electron chi connectivity index (χ0n) is 9.82. The van der Waals surface area contributed by atoms with E-state index in [2.05, 4.69) is 19.2 Å². The standard InChI is InChI=1S/C12H19NO3/c1-3-9(4-2)7-13-8-10-5-6-16-11(10)12(14)15/h5-6,9,13H,3-4,7-8H2,1-2H3,(H,14,15). The lowest BCUT2D eigenvalue weighted by Gasteiger charge is -2.12. The fourth-order valence-electron chi connectivity index (χ4n) is 1.65. The normalized spacial score (nSPS) is 10.9. The lowest BCUT2D eigenvalue weighted by Crippen LogP contribution is -2.22. The van der Waals surface area contributed by atoms with Crippen LogP contribution in [-0.2, 0) is 6.54 Å². The Bertz CT molecular complexity index is 329. The Morgan fingerprint density at radius 1 is 1.50 bits per heavy atom. The molecule has 1 aromatic heterocycles. The van der Waals surface area contributed by atoms with Crippen LogP contribution in [0.3, 0.4) is 0 Å². The largest absolute Gasteiger partial charge is 0.475 e. The molecule has 0 aliphatic carbocycles. The van der Waals surface area contributed by atoms with Crippen LogP contribution in [0.1, 0.15) is 42.8 Å². The monoisotopic (exact) mass is 225 g/mol. The van der Waals surface area contributed by atoms with Crippen LogP contribution in [0.25, 0.3) is 0 Å². The highest BCUT2D eigenvalue weighted by Gasteiger charge is 2.13. The molecule has 0 spiro atoms. The van der Waals surface area contributed by atoms with Gasteiger partial charge in [0.15, 0.2) is 0 Å². The second-order valence-electron chi connectivity index (χ2n) is 3.89. The predicted octanol–water partition coefficient (Wildman–Crippen LogP) is 2.50. The average Bonchev–Trinajstić information content (AvgIpc) is 2.72. The van der Waals surface area contributed by atoms with E-state index in [1.54, 1.807) is 6.07 Å². The Balaban J connectivity index is 2.42. The number of aromatic carboxylic acids is 1. The Labute approximate surface area is 95.7 Å². The van der Waals surface area contributed by atoms with E-state index in [1.807, 2.05) is 0 Å². The maximum atomic E-state index is 10.8. The van der Waals surface area contributed by atoms with Crippen molar-refractivity contribution in [2.45, 2.75) is 33.2 Å². The van der Waals surface area contributed by atoms with E-state index < -0.39 is 5.97 Å². The van der Waals surface area contributed by atoms with Crippen molar-refractivity contribution >= 4 is 5.97 Å². The van der Waals surface area contributed by atoms with Crippen molar-refractivity contribution in [3.63, 3.8) is 0 Å². The first-order valence-corrected chi connectivity index (χ1v) is 5.69. The van der Waals surface area contributed by atoms with Crippen LogP contribution >= 0.6 is 0 Å². The number of furan rings is 1. The van der Waals surface area contributed by atoms with Crippen LogP contribution in [0.5, 0.6) is 0 Å². The van der Waals surface area contributed by atoms with Crippen LogP contribution in [0.15, 0.2) is 16.7 Å². The summed E-state index contributed by atoms with van der Waals surface area (Å²) < 4.78 is 4.90. The summed E-state index contributed by atoms with van der Waals surface area (Å²) in [5, 5.41) is 12.1. The Hall–Kier alpha value is -1.29. The first-order chi connectivity index (χ1) is 7.69. The molecule has 1 heterocycles. The van der Waals surface area contributed by atoms with Gasteiger partial charge >= 0.3 is 5.97 Å². The van der Waals surface area contributed by atoms with Gasteiger partial charge in [-0.1, -0.05) is 26.7 Å². The minimum Gasteiger partial charge on any atom is -0.475 e. The molecular weight excluding hydrogens is 206 g/mol. The summed E-state index contributed by atoms with van der Waals surface area (Å²) in [7, 11) is 0. The van der Waals surface area contributed by atoms with E-state index in [0.717, 1.165) is 19.4 Å². The summed E-state index contributed by atoms with van der Waals surface area (Å²) >= 11 is 0. The third-order valence-corrected chi connectivity index (χ3v) is 2.84. The lowest BCUT2D eigenvalue weighted by atomic mass is 10.0. The SMILES string of the molecule is CCC(CC)CNCc1ccoc1C(=O)O. The van der Waals surface area contributed by atoms with E-state index >= 15 is 0 Å². The molecule has 0 saturated carbocycles. The Kier molecular flexibility index (Phi) is 5.05. The van der Waals surface area contributed by atoms with Crippen molar-refractivity contribution in [3.05, 3.63) is 23.7 Å². The van der Waals surface area contributed by atoms with Crippen molar-refractivity contribution in [1.29, 1.82) is 0 Å². The molecule has 0 amide bonds. The molecule has 0 unspecified atom stereocenters. The van der Waals surface area contributed by atoms with E-state index in [9.17, 15) is 4.79 Å². The van der Waals surface area contributed by atoms with Gasteiger partial charge in [0.1, 0.15) is 0 Å². The fraction of sp³-hybridized carbons (Fsp3) is 0.583. The van der Waals surface area contributed by atoms with Crippen LogP contribution in [-0.4, -0.2) is 17.6 Å². The van der Waals surface area contributed by atoms with Gasteiger partial charge in [-0.25, -0.2) is 4.79 Å². The number of hydrogen-bond donors (Lipinski definition) is 2. The number of hydrogen-bond acceptors (Lipinski definition) is 3. The number of nitrogens with one attached hydrogen (secondary N) is 1. The van der Waals surface area contributed by atoms with E-state index in [0.29, 0.717) is 18.0 Å². The summed E-state index contributed by atoms with van der Waals surface area (Å²) in [6.45, 7) is 5.79. The highest BCUT2D eigenvalue weighted by molar-refractivity contribution is 5.86. The van der Waals surface area contributed by atoms with Crippen molar-refractivity contribution in [1.82, 2.24) is 5.32 Å². The predicted molar refractivity (Wildman–Crippen MR) is 61.4 cm³/mol. The average molecular weight is 225 g/mol. The molecule has 0 aliphatic heterocycles. The summed E-state index contributed by atoms with van der Waals surface area (Å²) in [5.41, 5.74) is 0.707. The molecule has 90 valence electrons. The maximum Gasteiger partial charge on any atom is 0.372 e. The number of rotatable bonds is 7. The maximum absolute atomic E-state index is 10.8. The van der Waals surface area contributed by atoms with E-state index in [4.69, 9.17) is 9.52 Å². The van der Waals surface area contributed by atoms with Gasteiger partial charge in [-0.3, -0.25) is 0 Å². The minimum absolute atomic E-state index is 0.0389. The number of carbonyl (C=O) groups is 1. The van der Waals surface area contributed by atoms with Gasteiger partial charge in [0.25, 0.3) is 0 Å². The summed E-state index contributed by atoms with van der Waals surface area (Å²) in [4.78, 5) is 10.8. The summed E-state index contributed by atoms with van der Waals surface area (Å²) in [6, 6.07) is 1.70. The van der Waals surface area contributed by atoms with Crippen molar-refractivity contribution in [2.24, 2.45) is 5.92 Å². The molecule has 0 saturated heterocycles. The highest BCUT2D eigenvalue weighted by Crippen LogP contribution is 2.11. The third kappa shape index (κ3) is 3.38. The first kappa shape index (κ1) is 12.8. The smallest absolute Gasteiger partial charge is 0.372 e. The molecule has 0 radical (unpaired) electrons. The van der Waals surface area contributed by atoms with Gasteiger partial charge in [-0.15, -0.1) is 0 Å². The van der Waals surface area contributed by atoms with Gasteiger partial charge in [0.2, 0.25) is 5.76 Å². The van der Waals surface area contributed by atoms with Crippen LogP contribution in [0.2, 0.25) is 0 Å². The summed E-state index contributed by atoms with van der Waals surface area (Å²) in [5.74, 6) is -0.318. The molecule has 4 heteroatoms. The molecule has 2 N–H and O–H groups in total. The number of carboxylic acids is 1. The van der Waals surface area contributed by atoms with Gasteiger partial charge in [0, 0.05) is 12.1 Å². The van der Waals surface area contributed by atoms with E-state index in [-0.39, 0.29) is 5.76 Å². The zero-order chi connectivity index (χ0) is 12.0. The van der Waals surface area contributed by atoms with Crippen molar-refractivity contribution < 1.29 is 14.3 Å². The van der Waals surface area contributed by atoms with Crippen LogP contribution < -0.4 is 5.32 Å². The fourth-order valence-corrected chi connectivity index (χ4v) is 1.65. The van der Waals surface area contributed by atoms with Gasteiger partial charge in [-0.2, -0.15) is 0 Å². The molecule has 0 fully saturated rings. The molecule has 16 heavy (non-hydrogen) atoms. The summed E-state index contributed by atoms with van der Waals surface area (Å²) in [6.07, 6.45) is 3.69. The van der Waals surface area contributed by atoms with Gasteiger partial charge in [-0.05, 0) is 18.5 Å². The molecule has 0 bridgehead atoms. The topological polar surface area (TPSA) is 62.5 Å². The van der Waals surface area contributed by atoms with Crippen LogP contribution in [0, 0.1) is 5.92 Å². The van der Waals surface area contributed by atoms with Crippen molar-refractivity contribution in [2.75, 3.05) is 6.54 Å². The molecule has 0 aliphatic rings. The van der Waals surface area contributed by atoms with E-state index in [1.165, 1.54) is 6.26 Å². The quantitative estimate of drug-likeness (QED) is 0.748. The molecule has 4 nitrogen and oxygen atoms in total. The zero-order valence-corrected chi connectivity index (χ0v) is 9.82. The molecule has 0 aromatic carbocycles. The first-order valence-electron chi connectivity index (χ1n) is 5.69. The van der Waals surface area contributed by atoms with Gasteiger partial charge in [0.05, 0.1) is 6.26 Å². The highest BCUT2D eigenvalue weighted by atomic mass is 16.4. The second-order valence-corrected chi connectivity index (χ2v) is 3.89. The molecule has 0 atom stereocenters. The minimum atomic E-state index is -1.01. The molecular formula is C12H19NO3. The Morgan fingerprint density at radius 2 is 2.19 bits per heavy atom. The van der Waals surface area contributed by atoms with Gasteiger partial charge < -0.3 is 14.8 Å². The number of carboxylic acid groups (broad SMARTS) is 1. The van der Waals surface area contributed by atoms with Crippen LogP contribution in [0.4, 0.5) is 0 Å². The molecule has 1 aromatic rings. The molecule has 1 rings (SSSR count).